The standard InChI is InChI=1S/C25H29N3O2/c1-4-26-13-15-27(16-14-26)25(29)23-18-24(20-9-8-12-22(17-20)30-3)28(19(23)2)21-10-6-5-7-11-21/h5-12,17-18H,4,13-16H2,1-3H3. The summed E-state index contributed by atoms with van der Waals surface area (Å²) in [5.74, 6) is 0.914. The zero-order valence-corrected chi connectivity index (χ0v) is 18.0. The third-order valence-electron chi connectivity index (χ3n) is 5.96. The van der Waals surface area contributed by atoms with Crippen molar-refractivity contribution < 1.29 is 9.53 Å². The van der Waals surface area contributed by atoms with E-state index in [2.05, 4.69) is 34.6 Å². The smallest absolute Gasteiger partial charge is 0.255 e. The van der Waals surface area contributed by atoms with E-state index in [0.29, 0.717) is 0 Å². The summed E-state index contributed by atoms with van der Waals surface area (Å²) in [5.41, 5.74) is 4.79. The van der Waals surface area contributed by atoms with Crippen LogP contribution in [0.2, 0.25) is 0 Å². The summed E-state index contributed by atoms with van der Waals surface area (Å²) >= 11 is 0. The molecular formula is C25H29N3O2. The number of hydrogen-bond donors (Lipinski definition) is 0. The van der Waals surface area contributed by atoms with Crippen LogP contribution in [-0.2, 0) is 0 Å². The first-order valence-corrected chi connectivity index (χ1v) is 10.6. The lowest BCUT2D eigenvalue weighted by Gasteiger charge is -2.34. The predicted octanol–water partition coefficient (Wildman–Crippen LogP) is 4.24. The Morgan fingerprint density at radius 3 is 2.37 bits per heavy atom. The Balaban J connectivity index is 1.77. The Morgan fingerprint density at radius 1 is 0.967 bits per heavy atom. The highest BCUT2D eigenvalue weighted by molar-refractivity contribution is 5.97. The third kappa shape index (κ3) is 3.85. The summed E-state index contributed by atoms with van der Waals surface area (Å²) in [4.78, 5) is 17.8. The molecule has 0 radical (unpaired) electrons. The highest BCUT2D eigenvalue weighted by Gasteiger charge is 2.26. The van der Waals surface area contributed by atoms with Gasteiger partial charge in [-0.1, -0.05) is 37.3 Å². The fourth-order valence-electron chi connectivity index (χ4n) is 4.17. The molecule has 156 valence electrons. The van der Waals surface area contributed by atoms with Crippen LogP contribution in [0.25, 0.3) is 16.9 Å². The summed E-state index contributed by atoms with van der Waals surface area (Å²) in [7, 11) is 1.67. The van der Waals surface area contributed by atoms with Crippen molar-refractivity contribution in [2.45, 2.75) is 13.8 Å². The summed E-state index contributed by atoms with van der Waals surface area (Å²) in [6, 6.07) is 20.2. The van der Waals surface area contributed by atoms with Crippen molar-refractivity contribution in [3.8, 4) is 22.7 Å². The molecule has 0 saturated carbocycles. The Bertz CT molecular complexity index is 1020. The Hall–Kier alpha value is -3.05. The average molecular weight is 404 g/mol. The van der Waals surface area contributed by atoms with Crippen LogP contribution >= 0.6 is 0 Å². The fraction of sp³-hybridized carbons (Fsp3) is 0.320. The van der Waals surface area contributed by atoms with Gasteiger partial charge < -0.3 is 19.1 Å². The number of benzene rings is 2. The molecule has 5 heteroatoms. The number of piperazine rings is 1. The van der Waals surface area contributed by atoms with E-state index in [9.17, 15) is 4.79 Å². The van der Waals surface area contributed by atoms with Gasteiger partial charge in [-0.25, -0.2) is 0 Å². The van der Waals surface area contributed by atoms with Crippen LogP contribution in [-0.4, -0.2) is 60.1 Å². The maximum Gasteiger partial charge on any atom is 0.255 e. The van der Waals surface area contributed by atoms with Crippen LogP contribution in [0.3, 0.4) is 0 Å². The van der Waals surface area contributed by atoms with Gasteiger partial charge in [0.1, 0.15) is 5.75 Å². The van der Waals surface area contributed by atoms with Crippen LogP contribution in [0.15, 0.2) is 60.7 Å². The van der Waals surface area contributed by atoms with Crippen molar-refractivity contribution in [1.29, 1.82) is 0 Å². The molecule has 1 aliphatic rings. The minimum absolute atomic E-state index is 0.113. The number of rotatable bonds is 5. The first-order chi connectivity index (χ1) is 14.6. The molecule has 2 heterocycles. The van der Waals surface area contributed by atoms with Gasteiger partial charge in [0.05, 0.1) is 18.4 Å². The number of carbonyl (C=O) groups is 1. The van der Waals surface area contributed by atoms with Crippen LogP contribution in [0.4, 0.5) is 0 Å². The van der Waals surface area contributed by atoms with Crippen LogP contribution in [0.5, 0.6) is 5.75 Å². The minimum Gasteiger partial charge on any atom is -0.497 e. The van der Waals surface area contributed by atoms with E-state index in [4.69, 9.17) is 4.74 Å². The molecule has 0 atom stereocenters. The second-order valence-corrected chi connectivity index (χ2v) is 7.66. The number of ether oxygens (including phenoxy) is 1. The van der Waals surface area contributed by atoms with Gasteiger partial charge in [0.15, 0.2) is 0 Å². The predicted molar refractivity (Wildman–Crippen MR) is 121 cm³/mol. The summed E-state index contributed by atoms with van der Waals surface area (Å²) in [6.07, 6.45) is 0. The van der Waals surface area contributed by atoms with E-state index in [0.717, 1.165) is 66.7 Å². The van der Waals surface area contributed by atoms with Crippen LogP contribution < -0.4 is 4.74 Å². The van der Waals surface area contributed by atoms with E-state index in [1.807, 2.05) is 54.3 Å². The van der Waals surface area contributed by atoms with Gasteiger partial charge in [-0.15, -0.1) is 0 Å². The molecule has 0 aliphatic carbocycles. The second-order valence-electron chi connectivity index (χ2n) is 7.66. The zero-order valence-electron chi connectivity index (χ0n) is 18.0. The monoisotopic (exact) mass is 403 g/mol. The molecule has 0 N–H and O–H groups in total. The van der Waals surface area contributed by atoms with E-state index in [1.54, 1.807) is 7.11 Å². The topological polar surface area (TPSA) is 37.7 Å². The average Bonchev–Trinajstić information content (AvgIpc) is 3.16. The number of likely N-dealkylation sites (N-methyl/N-ethyl adjacent to an activating group) is 1. The lowest BCUT2D eigenvalue weighted by molar-refractivity contribution is 0.0642. The number of amides is 1. The molecule has 2 aromatic carbocycles. The molecule has 4 rings (SSSR count). The van der Waals surface area contributed by atoms with Crippen molar-refractivity contribution >= 4 is 5.91 Å². The Labute approximate surface area is 178 Å². The highest BCUT2D eigenvalue weighted by Crippen LogP contribution is 2.32. The van der Waals surface area contributed by atoms with Gasteiger partial charge >= 0.3 is 0 Å². The van der Waals surface area contributed by atoms with Crippen molar-refractivity contribution in [3.05, 3.63) is 71.9 Å². The Kier molecular flexibility index (Phi) is 5.91. The maximum absolute atomic E-state index is 13.4. The molecule has 1 amide bonds. The van der Waals surface area contributed by atoms with Gasteiger partial charge in [0, 0.05) is 43.1 Å². The first-order valence-electron chi connectivity index (χ1n) is 10.6. The van der Waals surface area contributed by atoms with Crippen LogP contribution in [0, 0.1) is 6.92 Å². The van der Waals surface area contributed by atoms with Crippen LogP contribution in [0.1, 0.15) is 23.0 Å². The fourth-order valence-corrected chi connectivity index (χ4v) is 4.17. The third-order valence-corrected chi connectivity index (χ3v) is 5.96. The second kappa shape index (κ2) is 8.76. The largest absolute Gasteiger partial charge is 0.497 e. The summed E-state index contributed by atoms with van der Waals surface area (Å²) in [6.45, 7) is 8.65. The van der Waals surface area contributed by atoms with Gasteiger partial charge in [-0.3, -0.25) is 4.79 Å². The number of carbonyl (C=O) groups excluding carboxylic acids is 1. The van der Waals surface area contributed by atoms with E-state index in [-0.39, 0.29) is 5.91 Å². The number of nitrogens with zero attached hydrogens (tertiary/aromatic N) is 3. The molecule has 0 unspecified atom stereocenters. The van der Waals surface area contributed by atoms with E-state index >= 15 is 0 Å². The number of hydrogen-bond acceptors (Lipinski definition) is 3. The van der Waals surface area contributed by atoms with Crippen molar-refractivity contribution in [2.75, 3.05) is 39.8 Å². The van der Waals surface area contributed by atoms with Gasteiger partial charge in [0.25, 0.3) is 5.91 Å². The summed E-state index contributed by atoms with van der Waals surface area (Å²) < 4.78 is 7.60. The molecule has 1 aromatic heterocycles. The molecular weight excluding hydrogens is 374 g/mol. The minimum atomic E-state index is 0.113. The number of methoxy groups -OCH3 is 1. The van der Waals surface area contributed by atoms with Gasteiger partial charge in [0.2, 0.25) is 0 Å². The van der Waals surface area contributed by atoms with Gasteiger partial charge in [-0.2, -0.15) is 0 Å². The molecule has 1 aliphatic heterocycles. The van der Waals surface area contributed by atoms with Crippen molar-refractivity contribution in [3.63, 3.8) is 0 Å². The van der Waals surface area contributed by atoms with Crippen molar-refractivity contribution in [1.82, 2.24) is 14.4 Å². The lowest BCUT2D eigenvalue weighted by Crippen LogP contribution is -2.48. The molecule has 1 saturated heterocycles. The lowest BCUT2D eigenvalue weighted by atomic mass is 10.1. The Morgan fingerprint density at radius 2 is 1.70 bits per heavy atom. The SMILES string of the molecule is CCN1CCN(C(=O)c2cc(-c3cccc(OC)c3)n(-c3ccccc3)c2C)CC1. The first kappa shape index (κ1) is 20.2. The maximum atomic E-state index is 13.4. The molecule has 30 heavy (non-hydrogen) atoms. The molecule has 5 nitrogen and oxygen atoms in total. The van der Waals surface area contributed by atoms with Crippen molar-refractivity contribution in [2.24, 2.45) is 0 Å². The number of aromatic nitrogens is 1. The molecule has 0 spiro atoms. The number of para-hydroxylation sites is 1. The normalized spacial score (nSPS) is 14.7. The van der Waals surface area contributed by atoms with E-state index < -0.39 is 0 Å². The molecule has 0 bridgehead atoms. The zero-order chi connectivity index (χ0) is 21.1. The highest BCUT2D eigenvalue weighted by atomic mass is 16.5. The summed E-state index contributed by atoms with van der Waals surface area (Å²) in [5, 5.41) is 0. The van der Waals surface area contributed by atoms with E-state index in [1.165, 1.54) is 0 Å². The molecule has 1 fully saturated rings. The van der Waals surface area contributed by atoms with Gasteiger partial charge in [-0.05, 0) is 43.8 Å². The molecule has 3 aromatic rings. The quantitative estimate of drug-likeness (QED) is 0.640.